The van der Waals surface area contributed by atoms with Crippen molar-refractivity contribution in [3.8, 4) is 0 Å². The van der Waals surface area contributed by atoms with Crippen LogP contribution in [0, 0.1) is 10.1 Å². The number of hydrogen-bond acceptors (Lipinski definition) is 4. The fourth-order valence-corrected chi connectivity index (χ4v) is 2.05. The third kappa shape index (κ3) is 2.65. The zero-order chi connectivity index (χ0) is 13.1. The molecule has 0 aliphatic carbocycles. The van der Waals surface area contributed by atoms with Crippen LogP contribution in [-0.2, 0) is 0 Å². The average Bonchev–Trinajstić information content (AvgIpc) is 2.38. The summed E-state index contributed by atoms with van der Waals surface area (Å²) >= 11 is 0. The molecule has 1 saturated heterocycles. The van der Waals surface area contributed by atoms with Gasteiger partial charge in [0.25, 0.3) is 11.6 Å². The van der Waals surface area contributed by atoms with E-state index in [9.17, 15) is 14.9 Å². The minimum Gasteiger partial charge on any atom is -0.336 e. The summed E-state index contributed by atoms with van der Waals surface area (Å²) in [6, 6.07) is 6.12. The molecule has 2 rings (SSSR count). The van der Waals surface area contributed by atoms with Crippen LogP contribution in [0.25, 0.3) is 0 Å². The Bertz CT molecular complexity index is 475. The number of piperazine rings is 1. The SMILES string of the molecule is C[C@H]1CN(C(=O)c2cccc([N+](=O)[O-])c2)CCN1. The number of nitro groups is 1. The number of benzene rings is 1. The first-order chi connectivity index (χ1) is 8.58. The van der Waals surface area contributed by atoms with Crippen LogP contribution in [0.3, 0.4) is 0 Å². The Balaban J connectivity index is 2.17. The van der Waals surface area contributed by atoms with Gasteiger partial charge in [-0.2, -0.15) is 0 Å². The molecule has 0 spiro atoms. The fraction of sp³-hybridized carbons (Fsp3) is 0.417. The smallest absolute Gasteiger partial charge is 0.270 e. The van der Waals surface area contributed by atoms with E-state index in [0.717, 1.165) is 6.54 Å². The van der Waals surface area contributed by atoms with Crippen molar-refractivity contribution in [2.75, 3.05) is 19.6 Å². The highest BCUT2D eigenvalue weighted by molar-refractivity contribution is 5.94. The minimum atomic E-state index is -0.489. The average molecular weight is 249 g/mol. The fourth-order valence-electron chi connectivity index (χ4n) is 2.05. The second-order valence-electron chi connectivity index (χ2n) is 4.41. The molecule has 1 amide bonds. The van der Waals surface area contributed by atoms with Crippen molar-refractivity contribution in [2.24, 2.45) is 0 Å². The van der Waals surface area contributed by atoms with Gasteiger partial charge >= 0.3 is 0 Å². The van der Waals surface area contributed by atoms with Gasteiger partial charge in [0, 0.05) is 43.4 Å². The predicted octanol–water partition coefficient (Wildman–Crippen LogP) is 1.03. The van der Waals surface area contributed by atoms with Crippen molar-refractivity contribution in [1.29, 1.82) is 0 Å². The van der Waals surface area contributed by atoms with E-state index in [0.29, 0.717) is 18.7 Å². The monoisotopic (exact) mass is 249 g/mol. The molecule has 1 aromatic carbocycles. The minimum absolute atomic E-state index is 0.0518. The number of carbonyl (C=O) groups is 1. The summed E-state index contributed by atoms with van der Waals surface area (Å²) in [6.45, 7) is 4.02. The highest BCUT2D eigenvalue weighted by atomic mass is 16.6. The van der Waals surface area contributed by atoms with E-state index >= 15 is 0 Å². The molecule has 0 unspecified atom stereocenters. The molecule has 6 heteroatoms. The van der Waals surface area contributed by atoms with Crippen LogP contribution < -0.4 is 5.32 Å². The Kier molecular flexibility index (Phi) is 3.57. The summed E-state index contributed by atoms with van der Waals surface area (Å²) in [4.78, 5) is 24.1. The summed E-state index contributed by atoms with van der Waals surface area (Å²) in [6.07, 6.45) is 0. The molecule has 0 bridgehead atoms. The van der Waals surface area contributed by atoms with Crippen molar-refractivity contribution in [2.45, 2.75) is 13.0 Å². The lowest BCUT2D eigenvalue weighted by molar-refractivity contribution is -0.384. The van der Waals surface area contributed by atoms with Gasteiger partial charge in [0.1, 0.15) is 0 Å². The molecule has 1 aliphatic rings. The van der Waals surface area contributed by atoms with E-state index in [4.69, 9.17) is 0 Å². The molecule has 1 fully saturated rings. The molecule has 1 heterocycles. The lowest BCUT2D eigenvalue weighted by Gasteiger charge is -2.31. The van der Waals surface area contributed by atoms with Crippen molar-refractivity contribution in [3.63, 3.8) is 0 Å². The third-order valence-electron chi connectivity index (χ3n) is 2.96. The Labute approximate surface area is 105 Å². The molecule has 96 valence electrons. The van der Waals surface area contributed by atoms with Crippen molar-refractivity contribution < 1.29 is 9.72 Å². The third-order valence-corrected chi connectivity index (χ3v) is 2.96. The van der Waals surface area contributed by atoms with Gasteiger partial charge in [-0.05, 0) is 13.0 Å². The van der Waals surface area contributed by atoms with E-state index in [1.807, 2.05) is 6.92 Å². The summed E-state index contributed by atoms with van der Waals surface area (Å²) in [5.74, 6) is -0.146. The molecule has 0 radical (unpaired) electrons. The zero-order valence-corrected chi connectivity index (χ0v) is 10.1. The lowest BCUT2D eigenvalue weighted by atomic mass is 10.1. The molecule has 18 heavy (non-hydrogen) atoms. The first kappa shape index (κ1) is 12.5. The molecule has 6 nitrogen and oxygen atoms in total. The van der Waals surface area contributed by atoms with E-state index in [2.05, 4.69) is 5.32 Å². The molecule has 1 N–H and O–H groups in total. The van der Waals surface area contributed by atoms with Gasteiger partial charge in [0.15, 0.2) is 0 Å². The second-order valence-corrected chi connectivity index (χ2v) is 4.41. The summed E-state index contributed by atoms with van der Waals surface area (Å²) in [5.41, 5.74) is 0.322. The number of non-ortho nitro benzene ring substituents is 1. The number of nitrogens with zero attached hydrogens (tertiary/aromatic N) is 2. The van der Waals surface area contributed by atoms with Crippen molar-refractivity contribution >= 4 is 11.6 Å². The Morgan fingerprint density at radius 2 is 2.33 bits per heavy atom. The van der Waals surface area contributed by atoms with Gasteiger partial charge in [-0.25, -0.2) is 0 Å². The van der Waals surface area contributed by atoms with Crippen LogP contribution in [0.1, 0.15) is 17.3 Å². The van der Waals surface area contributed by atoms with E-state index < -0.39 is 4.92 Å². The summed E-state index contributed by atoms with van der Waals surface area (Å²) < 4.78 is 0. The number of carbonyl (C=O) groups excluding carboxylic acids is 1. The molecular weight excluding hydrogens is 234 g/mol. The first-order valence-corrected chi connectivity index (χ1v) is 5.85. The molecule has 0 saturated carbocycles. The predicted molar refractivity (Wildman–Crippen MR) is 66.5 cm³/mol. The number of rotatable bonds is 2. The van der Waals surface area contributed by atoms with Gasteiger partial charge in [0.05, 0.1) is 4.92 Å². The van der Waals surface area contributed by atoms with Gasteiger partial charge < -0.3 is 10.2 Å². The highest BCUT2D eigenvalue weighted by Crippen LogP contribution is 2.15. The maximum absolute atomic E-state index is 12.2. The van der Waals surface area contributed by atoms with Crippen LogP contribution >= 0.6 is 0 Å². The maximum Gasteiger partial charge on any atom is 0.270 e. The standard InChI is InChI=1S/C12H15N3O3/c1-9-8-14(6-5-13-9)12(16)10-3-2-4-11(7-10)15(17)18/h2-4,7,9,13H,5-6,8H2,1H3/t9-/m0/s1. The number of hydrogen-bond donors (Lipinski definition) is 1. The highest BCUT2D eigenvalue weighted by Gasteiger charge is 2.22. The topological polar surface area (TPSA) is 75.5 Å². The van der Waals surface area contributed by atoms with Crippen molar-refractivity contribution in [1.82, 2.24) is 10.2 Å². The largest absolute Gasteiger partial charge is 0.336 e. The number of nitrogens with one attached hydrogen (secondary N) is 1. The molecule has 0 aromatic heterocycles. The molecule has 1 aliphatic heterocycles. The van der Waals surface area contributed by atoms with E-state index in [-0.39, 0.29) is 17.6 Å². The Morgan fingerprint density at radius 1 is 1.56 bits per heavy atom. The summed E-state index contributed by atoms with van der Waals surface area (Å²) in [7, 11) is 0. The van der Waals surface area contributed by atoms with Gasteiger partial charge in [-0.3, -0.25) is 14.9 Å². The van der Waals surface area contributed by atoms with Crippen molar-refractivity contribution in [3.05, 3.63) is 39.9 Å². The second kappa shape index (κ2) is 5.14. The van der Waals surface area contributed by atoms with Crippen LogP contribution in [0.15, 0.2) is 24.3 Å². The number of nitro benzene ring substituents is 1. The Morgan fingerprint density at radius 3 is 3.00 bits per heavy atom. The van der Waals surface area contributed by atoms with Gasteiger partial charge in [-0.1, -0.05) is 6.07 Å². The lowest BCUT2D eigenvalue weighted by Crippen LogP contribution is -2.51. The molecule has 1 aromatic rings. The Hall–Kier alpha value is -1.95. The van der Waals surface area contributed by atoms with E-state index in [1.165, 1.54) is 18.2 Å². The van der Waals surface area contributed by atoms with Crippen LogP contribution in [0.2, 0.25) is 0 Å². The van der Waals surface area contributed by atoms with Crippen LogP contribution in [-0.4, -0.2) is 41.4 Å². The maximum atomic E-state index is 12.2. The molecular formula is C12H15N3O3. The first-order valence-electron chi connectivity index (χ1n) is 5.85. The van der Waals surface area contributed by atoms with Gasteiger partial charge in [0.2, 0.25) is 0 Å². The number of amides is 1. The van der Waals surface area contributed by atoms with Crippen LogP contribution in [0.4, 0.5) is 5.69 Å². The summed E-state index contributed by atoms with van der Waals surface area (Å²) in [5, 5.41) is 13.9. The van der Waals surface area contributed by atoms with Crippen LogP contribution in [0.5, 0.6) is 0 Å². The zero-order valence-electron chi connectivity index (χ0n) is 10.1. The van der Waals surface area contributed by atoms with E-state index in [1.54, 1.807) is 11.0 Å². The quantitative estimate of drug-likeness (QED) is 0.627. The molecule has 1 atom stereocenters. The van der Waals surface area contributed by atoms with Gasteiger partial charge in [-0.15, -0.1) is 0 Å². The normalized spacial score (nSPS) is 19.6.